The van der Waals surface area contributed by atoms with Crippen LogP contribution in [-0.2, 0) is 14.3 Å². The summed E-state index contributed by atoms with van der Waals surface area (Å²) in [6, 6.07) is -0.121. The fraction of sp³-hybridized carbons (Fsp3) is 0.778. The Labute approximate surface area is 83.4 Å². The lowest BCUT2D eigenvalue weighted by atomic mass is 10.2. The van der Waals surface area contributed by atoms with Gasteiger partial charge in [0.2, 0.25) is 5.91 Å². The maximum absolute atomic E-state index is 11.7. The normalized spacial score (nSPS) is 20.6. The molecular weight excluding hydrogens is 184 g/mol. The van der Waals surface area contributed by atoms with Crippen LogP contribution in [-0.4, -0.2) is 50.1 Å². The summed E-state index contributed by atoms with van der Waals surface area (Å²) in [6.45, 7) is 0.899. The van der Waals surface area contributed by atoms with Crippen molar-refractivity contribution < 1.29 is 14.3 Å². The molecule has 1 unspecified atom stereocenters. The summed E-state index contributed by atoms with van der Waals surface area (Å²) in [5.41, 5.74) is 0. The van der Waals surface area contributed by atoms with E-state index in [0.717, 1.165) is 19.4 Å². The predicted octanol–water partition coefficient (Wildman–Crippen LogP) is -0.630. The van der Waals surface area contributed by atoms with Crippen LogP contribution < -0.4 is 5.32 Å². The average Bonchev–Trinajstić information content (AvgIpc) is 2.69. The molecule has 1 fully saturated rings. The van der Waals surface area contributed by atoms with Gasteiger partial charge in [-0.3, -0.25) is 9.59 Å². The van der Waals surface area contributed by atoms with Crippen LogP contribution in [0.15, 0.2) is 0 Å². The SMILES string of the molecule is COC(=O)CN(C)C(=O)C1CCCN1. The molecule has 0 bridgehead atoms. The molecule has 1 saturated heterocycles. The summed E-state index contributed by atoms with van der Waals surface area (Å²) in [7, 11) is 2.92. The number of methoxy groups -OCH3 is 1. The number of likely N-dealkylation sites (N-methyl/N-ethyl adjacent to an activating group) is 1. The van der Waals surface area contributed by atoms with Gasteiger partial charge in [0.25, 0.3) is 0 Å². The van der Waals surface area contributed by atoms with Gasteiger partial charge in [-0.05, 0) is 19.4 Å². The molecule has 1 amide bonds. The quantitative estimate of drug-likeness (QED) is 0.616. The van der Waals surface area contributed by atoms with E-state index in [4.69, 9.17) is 0 Å². The van der Waals surface area contributed by atoms with Crippen molar-refractivity contribution >= 4 is 11.9 Å². The zero-order valence-electron chi connectivity index (χ0n) is 8.58. The number of ether oxygens (including phenoxy) is 1. The number of hydrogen-bond acceptors (Lipinski definition) is 4. The molecule has 1 atom stereocenters. The van der Waals surface area contributed by atoms with E-state index in [2.05, 4.69) is 10.1 Å². The van der Waals surface area contributed by atoms with Crippen molar-refractivity contribution in [2.45, 2.75) is 18.9 Å². The molecule has 0 aromatic carbocycles. The van der Waals surface area contributed by atoms with Crippen molar-refractivity contribution in [1.82, 2.24) is 10.2 Å². The topological polar surface area (TPSA) is 58.6 Å². The van der Waals surface area contributed by atoms with Crippen LogP contribution in [0.4, 0.5) is 0 Å². The van der Waals surface area contributed by atoms with Crippen molar-refractivity contribution in [2.24, 2.45) is 0 Å². The van der Waals surface area contributed by atoms with Crippen LogP contribution in [0.1, 0.15) is 12.8 Å². The van der Waals surface area contributed by atoms with Crippen molar-refractivity contribution in [3.63, 3.8) is 0 Å². The second-order valence-electron chi connectivity index (χ2n) is 3.42. The van der Waals surface area contributed by atoms with E-state index in [9.17, 15) is 9.59 Å². The molecule has 1 aliphatic rings. The lowest BCUT2D eigenvalue weighted by Gasteiger charge is -2.19. The summed E-state index contributed by atoms with van der Waals surface area (Å²) in [5.74, 6) is -0.424. The Morgan fingerprint density at radius 1 is 1.57 bits per heavy atom. The zero-order valence-corrected chi connectivity index (χ0v) is 8.58. The van der Waals surface area contributed by atoms with Gasteiger partial charge in [-0.25, -0.2) is 0 Å². The maximum atomic E-state index is 11.7. The van der Waals surface area contributed by atoms with Crippen molar-refractivity contribution in [2.75, 3.05) is 27.2 Å². The first-order chi connectivity index (χ1) is 6.65. The highest BCUT2D eigenvalue weighted by Gasteiger charge is 2.25. The Morgan fingerprint density at radius 3 is 2.79 bits per heavy atom. The Balaban J connectivity index is 2.39. The Bertz CT molecular complexity index is 224. The molecule has 80 valence electrons. The molecule has 1 N–H and O–H groups in total. The number of carbonyl (C=O) groups excluding carboxylic acids is 2. The number of carbonyl (C=O) groups is 2. The molecular formula is C9H16N2O3. The summed E-state index contributed by atoms with van der Waals surface area (Å²) < 4.78 is 4.48. The van der Waals surface area contributed by atoms with Gasteiger partial charge < -0.3 is 15.0 Å². The minimum Gasteiger partial charge on any atom is -0.468 e. The van der Waals surface area contributed by atoms with E-state index in [1.54, 1.807) is 7.05 Å². The van der Waals surface area contributed by atoms with Crippen molar-refractivity contribution in [1.29, 1.82) is 0 Å². The van der Waals surface area contributed by atoms with Gasteiger partial charge in [0.15, 0.2) is 0 Å². The Morgan fingerprint density at radius 2 is 2.29 bits per heavy atom. The van der Waals surface area contributed by atoms with Gasteiger partial charge in [-0.1, -0.05) is 0 Å². The lowest BCUT2D eigenvalue weighted by molar-refractivity contribution is -0.146. The summed E-state index contributed by atoms with van der Waals surface area (Å²) in [5, 5.41) is 3.09. The largest absolute Gasteiger partial charge is 0.468 e. The van der Waals surface area contributed by atoms with Crippen LogP contribution in [0.5, 0.6) is 0 Å². The summed E-state index contributed by atoms with van der Waals surface area (Å²) in [4.78, 5) is 24.0. The molecule has 0 saturated carbocycles. The monoisotopic (exact) mass is 200 g/mol. The van der Waals surface area contributed by atoms with E-state index in [1.165, 1.54) is 12.0 Å². The first kappa shape index (κ1) is 11.0. The number of hydrogen-bond donors (Lipinski definition) is 1. The molecule has 0 spiro atoms. The first-order valence-electron chi connectivity index (χ1n) is 4.70. The molecule has 5 nitrogen and oxygen atoms in total. The summed E-state index contributed by atoms with van der Waals surface area (Å²) in [6.07, 6.45) is 1.87. The minimum absolute atomic E-state index is 0.0213. The van der Waals surface area contributed by atoms with Gasteiger partial charge in [0.05, 0.1) is 13.2 Å². The third-order valence-corrected chi connectivity index (χ3v) is 2.33. The highest BCUT2D eigenvalue weighted by Crippen LogP contribution is 2.07. The second kappa shape index (κ2) is 4.95. The zero-order chi connectivity index (χ0) is 10.6. The van der Waals surface area contributed by atoms with Crippen molar-refractivity contribution in [3.05, 3.63) is 0 Å². The third-order valence-electron chi connectivity index (χ3n) is 2.33. The molecule has 1 aliphatic heterocycles. The van der Waals surface area contributed by atoms with Crippen molar-refractivity contribution in [3.8, 4) is 0 Å². The Hall–Kier alpha value is -1.10. The van der Waals surface area contributed by atoms with Crippen LogP contribution >= 0.6 is 0 Å². The number of nitrogens with one attached hydrogen (secondary N) is 1. The molecule has 0 aromatic rings. The fourth-order valence-corrected chi connectivity index (χ4v) is 1.50. The van der Waals surface area contributed by atoms with Gasteiger partial charge in [0, 0.05) is 7.05 Å². The number of amides is 1. The Kier molecular flexibility index (Phi) is 3.88. The molecule has 5 heteroatoms. The number of nitrogens with zero attached hydrogens (tertiary/aromatic N) is 1. The summed E-state index contributed by atoms with van der Waals surface area (Å²) >= 11 is 0. The van der Waals surface area contributed by atoms with E-state index in [0.29, 0.717) is 0 Å². The first-order valence-corrected chi connectivity index (χ1v) is 4.70. The molecule has 0 radical (unpaired) electrons. The average molecular weight is 200 g/mol. The smallest absolute Gasteiger partial charge is 0.325 e. The molecule has 0 aromatic heterocycles. The van der Waals surface area contributed by atoms with Crippen LogP contribution in [0.25, 0.3) is 0 Å². The van der Waals surface area contributed by atoms with Gasteiger partial charge in [-0.15, -0.1) is 0 Å². The van der Waals surface area contributed by atoms with E-state index < -0.39 is 0 Å². The standard InChI is InChI=1S/C9H16N2O3/c1-11(6-8(12)14-2)9(13)7-4-3-5-10-7/h7,10H,3-6H2,1-2H3. The molecule has 1 heterocycles. The van der Waals surface area contributed by atoms with Crippen LogP contribution in [0.3, 0.4) is 0 Å². The number of rotatable bonds is 3. The molecule has 1 rings (SSSR count). The van der Waals surface area contributed by atoms with E-state index in [1.807, 2.05) is 0 Å². The molecule has 0 aliphatic carbocycles. The highest BCUT2D eigenvalue weighted by atomic mass is 16.5. The van der Waals surface area contributed by atoms with Crippen LogP contribution in [0.2, 0.25) is 0 Å². The van der Waals surface area contributed by atoms with Crippen LogP contribution in [0, 0.1) is 0 Å². The van der Waals surface area contributed by atoms with Gasteiger partial charge in [-0.2, -0.15) is 0 Å². The maximum Gasteiger partial charge on any atom is 0.325 e. The lowest BCUT2D eigenvalue weighted by Crippen LogP contribution is -2.43. The predicted molar refractivity (Wildman–Crippen MR) is 50.7 cm³/mol. The molecule has 14 heavy (non-hydrogen) atoms. The third kappa shape index (κ3) is 2.70. The minimum atomic E-state index is -0.390. The van der Waals surface area contributed by atoms with Gasteiger partial charge >= 0.3 is 5.97 Å². The second-order valence-corrected chi connectivity index (χ2v) is 3.42. The van der Waals surface area contributed by atoms with E-state index >= 15 is 0 Å². The number of esters is 1. The highest BCUT2D eigenvalue weighted by molar-refractivity contribution is 5.85. The van der Waals surface area contributed by atoms with E-state index in [-0.39, 0.29) is 24.5 Å². The fourth-order valence-electron chi connectivity index (χ4n) is 1.50. The van der Waals surface area contributed by atoms with Gasteiger partial charge in [0.1, 0.15) is 6.54 Å².